The maximum absolute atomic E-state index is 14.6. The Morgan fingerprint density at radius 1 is 1.16 bits per heavy atom. The van der Waals surface area contributed by atoms with Crippen molar-refractivity contribution in [1.29, 1.82) is 0 Å². The number of rotatable bonds is 5. The number of carbonyl (C=O) groups is 1. The number of nitrogens with zero attached hydrogens (tertiary/aromatic N) is 2. The lowest BCUT2D eigenvalue weighted by Gasteiger charge is -2.18. The average molecular weight is 421 g/mol. The lowest BCUT2D eigenvalue weighted by Crippen LogP contribution is -2.30. The first-order chi connectivity index (χ1) is 14.9. The Bertz CT molecular complexity index is 1160. The molecule has 1 aromatic heterocycles. The van der Waals surface area contributed by atoms with E-state index >= 15 is 0 Å². The van der Waals surface area contributed by atoms with E-state index in [-0.39, 0.29) is 35.5 Å². The molecule has 0 spiro atoms. The standard InChI is InChI=1S/C24H24FN3O3/c1-15-26-22(12-23(29)27-15)20-14-28(13-19(20)18-8-3-4-9-21(18)25)24(30)11-16-6-5-7-17(10-16)31-2/h3-10,12,19-20H,11,13-14H2,1-2H3,(H,26,27,29)/t19-,20+/m0/s1. The highest BCUT2D eigenvalue weighted by Gasteiger charge is 2.39. The summed E-state index contributed by atoms with van der Waals surface area (Å²) in [6, 6.07) is 15.4. The Hall–Kier alpha value is -3.48. The number of halogens is 1. The second kappa shape index (κ2) is 8.71. The predicted molar refractivity (Wildman–Crippen MR) is 115 cm³/mol. The van der Waals surface area contributed by atoms with Crippen LogP contribution in [0.3, 0.4) is 0 Å². The van der Waals surface area contributed by atoms with E-state index in [2.05, 4.69) is 9.97 Å². The van der Waals surface area contributed by atoms with Gasteiger partial charge in [-0.15, -0.1) is 0 Å². The highest BCUT2D eigenvalue weighted by molar-refractivity contribution is 5.79. The molecule has 1 N–H and O–H groups in total. The number of nitrogens with one attached hydrogen (secondary N) is 1. The Morgan fingerprint density at radius 2 is 1.94 bits per heavy atom. The minimum atomic E-state index is -0.318. The summed E-state index contributed by atoms with van der Waals surface area (Å²) in [5.74, 6) is 0.254. The van der Waals surface area contributed by atoms with Crippen molar-refractivity contribution in [2.75, 3.05) is 20.2 Å². The minimum Gasteiger partial charge on any atom is -0.497 e. The fourth-order valence-corrected chi connectivity index (χ4v) is 4.26. The number of hydrogen-bond donors (Lipinski definition) is 1. The van der Waals surface area contributed by atoms with Gasteiger partial charge >= 0.3 is 0 Å². The van der Waals surface area contributed by atoms with Gasteiger partial charge in [0.1, 0.15) is 17.4 Å². The van der Waals surface area contributed by atoms with Gasteiger partial charge in [-0.2, -0.15) is 0 Å². The molecule has 0 saturated carbocycles. The van der Waals surface area contributed by atoms with Crippen molar-refractivity contribution in [1.82, 2.24) is 14.9 Å². The largest absolute Gasteiger partial charge is 0.497 e. The van der Waals surface area contributed by atoms with Gasteiger partial charge in [-0.3, -0.25) is 9.59 Å². The SMILES string of the molecule is COc1cccc(CC(=O)N2C[C@@H](c3cc(=O)[nH]c(C)n3)[C@H](c3ccccc3F)C2)c1. The molecule has 2 atom stereocenters. The highest BCUT2D eigenvalue weighted by Crippen LogP contribution is 2.39. The maximum Gasteiger partial charge on any atom is 0.251 e. The Labute approximate surface area is 179 Å². The van der Waals surface area contributed by atoms with Crippen LogP contribution >= 0.6 is 0 Å². The zero-order chi connectivity index (χ0) is 22.0. The molecule has 0 unspecified atom stereocenters. The van der Waals surface area contributed by atoms with E-state index in [1.54, 1.807) is 37.1 Å². The molecule has 1 aliphatic rings. The molecule has 0 aliphatic carbocycles. The van der Waals surface area contributed by atoms with E-state index in [9.17, 15) is 14.0 Å². The molecule has 6 nitrogen and oxygen atoms in total. The number of aromatic nitrogens is 2. The Morgan fingerprint density at radius 3 is 2.68 bits per heavy atom. The first-order valence-electron chi connectivity index (χ1n) is 10.2. The summed E-state index contributed by atoms with van der Waals surface area (Å²) < 4.78 is 19.9. The quantitative estimate of drug-likeness (QED) is 0.687. The molecular weight excluding hydrogens is 397 g/mol. The number of carbonyl (C=O) groups excluding carboxylic acids is 1. The summed E-state index contributed by atoms with van der Waals surface area (Å²) in [6.45, 7) is 2.45. The van der Waals surface area contributed by atoms with Crippen molar-refractivity contribution in [3.8, 4) is 5.75 Å². The van der Waals surface area contributed by atoms with Crippen LogP contribution in [0.1, 0.15) is 34.5 Å². The van der Waals surface area contributed by atoms with Crippen molar-refractivity contribution in [2.24, 2.45) is 0 Å². The number of aromatic amines is 1. The normalized spacial score (nSPS) is 18.2. The number of aryl methyl sites for hydroxylation is 1. The fraction of sp³-hybridized carbons (Fsp3) is 0.292. The van der Waals surface area contributed by atoms with Crippen LogP contribution in [0.2, 0.25) is 0 Å². The van der Waals surface area contributed by atoms with Crippen LogP contribution in [-0.4, -0.2) is 41.0 Å². The molecule has 2 aromatic carbocycles. The molecule has 160 valence electrons. The van der Waals surface area contributed by atoms with Crippen LogP contribution in [0.5, 0.6) is 5.75 Å². The number of likely N-dealkylation sites (tertiary alicyclic amines) is 1. The molecular formula is C24H24FN3O3. The summed E-state index contributed by atoms with van der Waals surface area (Å²) in [5.41, 5.74) is 1.70. The Balaban J connectivity index is 1.64. The highest BCUT2D eigenvalue weighted by atomic mass is 19.1. The van der Waals surface area contributed by atoms with E-state index in [0.717, 1.165) is 5.56 Å². The van der Waals surface area contributed by atoms with Crippen molar-refractivity contribution in [3.63, 3.8) is 0 Å². The fourth-order valence-electron chi connectivity index (χ4n) is 4.26. The first kappa shape index (κ1) is 20.8. The van der Waals surface area contributed by atoms with Gasteiger partial charge in [0.05, 0.1) is 19.2 Å². The lowest BCUT2D eigenvalue weighted by atomic mass is 9.86. The monoisotopic (exact) mass is 421 g/mol. The summed E-state index contributed by atoms with van der Waals surface area (Å²) in [4.78, 5) is 34.0. The van der Waals surface area contributed by atoms with E-state index in [0.29, 0.717) is 35.9 Å². The molecule has 31 heavy (non-hydrogen) atoms. The number of methoxy groups -OCH3 is 1. The van der Waals surface area contributed by atoms with Crippen molar-refractivity contribution < 1.29 is 13.9 Å². The third kappa shape index (κ3) is 4.50. The molecule has 3 aromatic rings. The van der Waals surface area contributed by atoms with E-state index in [1.165, 1.54) is 12.1 Å². The van der Waals surface area contributed by atoms with E-state index in [4.69, 9.17) is 4.74 Å². The summed E-state index contributed by atoms with van der Waals surface area (Å²) in [7, 11) is 1.58. The van der Waals surface area contributed by atoms with Gasteiger partial charge in [0.25, 0.3) is 5.56 Å². The van der Waals surface area contributed by atoms with Gasteiger partial charge in [0.15, 0.2) is 0 Å². The van der Waals surface area contributed by atoms with Crippen LogP contribution in [-0.2, 0) is 11.2 Å². The molecule has 4 rings (SSSR count). The molecule has 1 amide bonds. The van der Waals surface area contributed by atoms with Gasteiger partial charge in [0, 0.05) is 31.0 Å². The second-order valence-electron chi connectivity index (χ2n) is 7.82. The topological polar surface area (TPSA) is 75.3 Å². The van der Waals surface area contributed by atoms with Gasteiger partial charge in [-0.05, 0) is 36.2 Å². The van der Waals surface area contributed by atoms with E-state index in [1.807, 2.05) is 24.3 Å². The number of H-pyrrole nitrogens is 1. The van der Waals surface area contributed by atoms with Crippen LogP contribution in [0.15, 0.2) is 59.4 Å². The third-order valence-corrected chi connectivity index (χ3v) is 5.73. The van der Waals surface area contributed by atoms with Crippen LogP contribution in [0.25, 0.3) is 0 Å². The van der Waals surface area contributed by atoms with Crippen molar-refractivity contribution in [2.45, 2.75) is 25.2 Å². The first-order valence-corrected chi connectivity index (χ1v) is 10.2. The summed E-state index contributed by atoms with van der Waals surface area (Å²) in [5, 5.41) is 0. The second-order valence-corrected chi connectivity index (χ2v) is 7.82. The number of hydrogen-bond acceptors (Lipinski definition) is 4. The molecule has 7 heteroatoms. The summed E-state index contributed by atoms with van der Waals surface area (Å²) >= 11 is 0. The predicted octanol–water partition coefficient (Wildman–Crippen LogP) is 3.18. The van der Waals surface area contributed by atoms with Crippen molar-refractivity contribution in [3.05, 3.63) is 93.4 Å². The molecule has 0 radical (unpaired) electrons. The molecule has 2 heterocycles. The van der Waals surface area contributed by atoms with Crippen LogP contribution in [0, 0.1) is 12.7 Å². The lowest BCUT2D eigenvalue weighted by molar-refractivity contribution is -0.129. The molecule has 1 saturated heterocycles. The van der Waals surface area contributed by atoms with E-state index < -0.39 is 0 Å². The number of ether oxygens (including phenoxy) is 1. The van der Waals surface area contributed by atoms with Gasteiger partial charge in [-0.25, -0.2) is 9.37 Å². The molecule has 1 fully saturated rings. The maximum atomic E-state index is 14.6. The molecule has 0 bridgehead atoms. The zero-order valence-corrected chi connectivity index (χ0v) is 17.5. The average Bonchev–Trinajstić information content (AvgIpc) is 3.19. The zero-order valence-electron chi connectivity index (χ0n) is 17.5. The van der Waals surface area contributed by atoms with Crippen molar-refractivity contribution >= 4 is 5.91 Å². The third-order valence-electron chi connectivity index (χ3n) is 5.73. The number of amides is 1. The smallest absolute Gasteiger partial charge is 0.251 e. The minimum absolute atomic E-state index is 0.0568. The summed E-state index contributed by atoms with van der Waals surface area (Å²) in [6.07, 6.45) is 0.218. The van der Waals surface area contributed by atoms with Gasteiger partial charge < -0.3 is 14.6 Å². The van der Waals surface area contributed by atoms with Gasteiger partial charge in [0.2, 0.25) is 5.91 Å². The Kier molecular flexibility index (Phi) is 5.84. The van der Waals surface area contributed by atoms with Crippen LogP contribution in [0.4, 0.5) is 4.39 Å². The molecule has 1 aliphatic heterocycles. The van der Waals surface area contributed by atoms with Crippen LogP contribution < -0.4 is 10.3 Å². The number of benzene rings is 2. The van der Waals surface area contributed by atoms with Gasteiger partial charge in [-0.1, -0.05) is 30.3 Å².